The molecule has 0 saturated heterocycles. The number of aryl methyl sites for hydroxylation is 1. The third-order valence-electron chi connectivity index (χ3n) is 2.73. The number of halogens is 4. The molecule has 0 spiro atoms. The Morgan fingerprint density at radius 2 is 1.89 bits per heavy atom. The Balaban J connectivity index is 2.58. The molecular formula is C14H18ClF3. The second-order valence-electron chi connectivity index (χ2n) is 4.96. The lowest BCUT2D eigenvalue weighted by molar-refractivity contribution is -0.137. The molecule has 1 unspecified atom stereocenters. The van der Waals surface area contributed by atoms with Crippen LogP contribution in [0.25, 0.3) is 0 Å². The fourth-order valence-corrected chi connectivity index (χ4v) is 2.32. The minimum absolute atomic E-state index is 0.0274. The van der Waals surface area contributed by atoms with Crippen molar-refractivity contribution < 1.29 is 13.2 Å². The summed E-state index contributed by atoms with van der Waals surface area (Å²) in [6, 6.07) is 5.47. The first-order valence-electron chi connectivity index (χ1n) is 6.09. The molecule has 0 fully saturated rings. The van der Waals surface area contributed by atoms with Crippen LogP contribution in [-0.4, -0.2) is 5.38 Å². The van der Waals surface area contributed by atoms with Crippen LogP contribution in [0, 0.1) is 5.92 Å². The SMILES string of the molecule is CC(C)CC(Cl)CCc1cccc(C(F)(F)F)c1. The highest BCUT2D eigenvalue weighted by Gasteiger charge is 2.30. The van der Waals surface area contributed by atoms with Crippen LogP contribution in [0.2, 0.25) is 0 Å². The minimum atomic E-state index is -4.27. The van der Waals surface area contributed by atoms with E-state index in [4.69, 9.17) is 11.6 Å². The molecule has 0 N–H and O–H groups in total. The summed E-state index contributed by atoms with van der Waals surface area (Å²) in [6.45, 7) is 4.17. The van der Waals surface area contributed by atoms with E-state index in [9.17, 15) is 13.2 Å². The summed E-state index contributed by atoms with van der Waals surface area (Å²) < 4.78 is 37.5. The molecule has 0 bridgehead atoms. The second kappa shape index (κ2) is 6.46. The summed E-state index contributed by atoms with van der Waals surface area (Å²) in [5, 5.41) is 0.0274. The molecule has 0 amide bonds. The standard InChI is InChI=1S/C14H18ClF3/c1-10(2)8-13(15)7-6-11-4-3-5-12(9-11)14(16,17)18/h3-5,9-10,13H,6-8H2,1-2H3. The van der Waals surface area contributed by atoms with E-state index in [2.05, 4.69) is 13.8 Å². The van der Waals surface area contributed by atoms with E-state index in [0.717, 1.165) is 12.5 Å². The van der Waals surface area contributed by atoms with E-state index in [1.54, 1.807) is 6.07 Å². The van der Waals surface area contributed by atoms with Gasteiger partial charge in [0.25, 0.3) is 0 Å². The fraction of sp³-hybridized carbons (Fsp3) is 0.571. The topological polar surface area (TPSA) is 0 Å². The van der Waals surface area contributed by atoms with Gasteiger partial charge in [-0.05, 0) is 36.8 Å². The van der Waals surface area contributed by atoms with E-state index in [1.807, 2.05) is 0 Å². The fourth-order valence-electron chi connectivity index (χ4n) is 1.86. The van der Waals surface area contributed by atoms with Gasteiger partial charge >= 0.3 is 6.18 Å². The number of benzene rings is 1. The quantitative estimate of drug-likeness (QED) is 0.642. The van der Waals surface area contributed by atoms with Crippen LogP contribution < -0.4 is 0 Å². The van der Waals surface area contributed by atoms with Gasteiger partial charge < -0.3 is 0 Å². The maximum atomic E-state index is 12.5. The Kier molecular flexibility index (Phi) is 5.51. The average Bonchev–Trinajstić information content (AvgIpc) is 2.25. The zero-order valence-corrected chi connectivity index (χ0v) is 11.4. The van der Waals surface area contributed by atoms with Gasteiger partial charge in [0, 0.05) is 5.38 Å². The highest BCUT2D eigenvalue weighted by atomic mass is 35.5. The first-order valence-corrected chi connectivity index (χ1v) is 6.53. The van der Waals surface area contributed by atoms with Crippen LogP contribution in [0.4, 0.5) is 13.2 Å². The first-order chi connectivity index (χ1) is 8.29. The van der Waals surface area contributed by atoms with Gasteiger partial charge in [-0.15, -0.1) is 11.6 Å². The predicted octanol–water partition coefficient (Wildman–Crippen LogP) is 5.29. The lowest BCUT2D eigenvalue weighted by Crippen LogP contribution is -2.07. The van der Waals surface area contributed by atoms with Gasteiger partial charge in [-0.25, -0.2) is 0 Å². The number of alkyl halides is 4. The van der Waals surface area contributed by atoms with Crippen molar-refractivity contribution in [1.82, 2.24) is 0 Å². The highest BCUT2D eigenvalue weighted by molar-refractivity contribution is 6.20. The van der Waals surface area contributed by atoms with Crippen molar-refractivity contribution in [2.45, 2.75) is 44.7 Å². The van der Waals surface area contributed by atoms with Gasteiger partial charge in [-0.2, -0.15) is 13.2 Å². The van der Waals surface area contributed by atoms with Crippen molar-refractivity contribution in [2.24, 2.45) is 5.92 Å². The maximum Gasteiger partial charge on any atom is 0.416 e. The lowest BCUT2D eigenvalue weighted by Gasteiger charge is -2.13. The molecule has 1 aromatic rings. The van der Waals surface area contributed by atoms with E-state index in [0.29, 0.717) is 24.3 Å². The van der Waals surface area contributed by atoms with Gasteiger partial charge in [-0.3, -0.25) is 0 Å². The largest absolute Gasteiger partial charge is 0.416 e. The molecule has 1 rings (SSSR count). The van der Waals surface area contributed by atoms with Crippen LogP contribution in [0.1, 0.15) is 37.8 Å². The summed E-state index contributed by atoms with van der Waals surface area (Å²) in [5.41, 5.74) is 0.106. The van der Waals surface area contributed by atoms with Crippen molar-refractivity contribution in [2.75, 3.05) is 0 Å². The third-order valence-corrected chi connectivity index (χ3v) is 3.12. The van der Waals surface area contributed by atoms with E-state index >= 15 is 0 Å². The van der Waals surface area contributed by atoms with E-state index < -0.39 is 11.7 Å². The monoisotopic (exact) mass is 278 g/mol. The van der Waals surface area contributed by atoms with Crippen LogP contribution >= 0.6 is 11.6 Å². The molecule has 0 aliphatic heterocycles. The number of rotatable bonds is 5. The number of hydrogen-bond acceptors (Lipinski definition) is 0. The van der Waals surface area contributed by atoms with Gasteiger partial charge in [0.15, 0.2) is 0 Å². The van der Waals surface area contributed by atoms with Gasteiger partial charge in [0.05, 0.1) is 5.56 Å². The Hall–Kier alpha value is -0.700. The Morgan fingerprint density at radius 3 is 2.44 bits per heavy atom. The first kappa shape index (κ1) is 15.4. The van der Waals surface area contributed by atoms with Crippen LogP contribution in [-0.2, 0) is 12.6 Å². The van der Waals surface area contributed by atoms with Crippen LogP contribution in [0.15, 0.2) is 24.3 Å². The zero-order chi connectivity index (χ0) is 13.8. The molecule has 4 heteroatoms. The molecule has 102 valence electrons. The molecule has 0 radical (unpaired) electrons. The second-order valence-corrected chi connectivity index (χ2v) is 5.58. The molecule has 1 aromatic carbocycles. The number of hydrogen-bond donors (Lipinski definition) is 0. The smallest absolute Gasteiger partial charge is 0.166 e. The summed E-state index contributed by atoms with van der Waals surface area (Å²) >= 11 is 6.13. The average molecular weight is 279 g/mol. The van der Waals surface area contributed by atoms with Crippen molar-refractivity contribution in [3.05, 3.63) is 35.4 Å². The highest BCUT2D eigenvalue weighted by Crippen LogP contribution is 2.30. The Bertz CT molecular complexity index is 372. The Labute approximate surface area is 111 Å². The molecular weight excluding hydrogens is 261 g/mol. The maximum absolute atomic E-state index is 12.5. The normalized spacial score (nSPS) is 13.9. The molecule has 0 saturated carbocycles. The van der Waals surface area contributed by atoms with Crippen molar-refractivity contribution in [3.63, 3.8) is 0 Å². The van der Waals surface area contributed by atoms with Gasteiger partial charge in [-0.1, -0.05) is 32.0 Å². The van der Waals surface area contributed by atoms with Crippen molar-refractivity contribution in [3.8, 4) is 0 Å². The molecule has 0 aliphatic rings. The zero-order valence-electron chi connectivity index (χ0n) is 10.6. The predicted molar refractivity (Wildman–Crippen MR) is 68.9 cm³/mol. The minimum Gasteiger partial charge on any atom is -0.166 e. The molecule has 1 atom stereocenters. The molecule has 0 nitrogen and oxygen atoms in total. The molecule has 0 aromatic heterocycles. The Morgan fingerprint density at radius 1 is 1.22 bits per heavy atom. The van der Waals surface area contributed by atoms with Gasteiger partial charge in [0.1, 0.15) is 0 Å². The summed E-state index contributed by atoms with van der Waals surface area (Å²) in [7, 11) is 0. The lowest BCUT2D eigenvalue weighted by atomic mass is 10.0. The van der Waals surface area contributed by atoms with Crippen molar-refractivity contribution >= 4 is 11.6 Å². The van der Waals surface area contributed by atoms with E-state index in [-0.39, 0.29) is 5.38 Å². The van der Waals surface area contributed by atoms with Crippen molar-refractivity contribution in [1.29, 1.82) is 0 Å². The summed E-state index contributed by atoms with van der Waals surface area (Å²) in [6.07, 6.45) is -2.08. The molecule has 0 aliphatic carbocycles. The van der Waals surface area contributed by atoms with Gasteiger partial charge in [0.2, 0.25) is 0 Å². The molecule has 18 heavy (non-hydrogen) atoms. The third kappa shape index (κ3) is 5.30. The summed E-state index contributed by atoms with van der Waals surface area (Å²) in [4.78, 5) is 0. The molecule has 0 heterocycles. The van der Waals surface area contributed by atoms with Crippen LogP contribution in [0.3, 0.4) is 0 Å². The summed E-state index contributed by atoms with van der Waals surface area (Å²) in [5.74, 6) is 0.508. The van der Waals surface area contributed by atoms with E-state index in [1.165, 1.54) is 12.1 Å². The van der Waals surface area contributed by atoms with Crippen LogP contribution in [0.5, 0.6) is 0 Å².